The molecule has 4 heteroatoms. The first-order chi connectivity index (χ1) is 7.70. The minimum atomic E-state index is -0.764. The van der Waals surface area contributed by atoms with Gasteiger partial charge in [-0.05, 0) is 29.7 Å². The summed E-state index contributed by atoms with van der Waals surface area (Å²) >= 11 is 0. The lowest BCUT2D eigenvalue weighted by Gasteiger charge is -2.04. The monoisotopic (exact) mass is 218 g/mol. The molecule has 2 aromatic carbocycles. The maximum atomic E-state index is 10.9. The summed E-state index contributed by atoms with van der Waals surface area (Å²) in [6.45, 7) is 0. The molecular weight excluding hydrogens is 208 g/mol. The van der Waals surface area contributed by atoms with E-state index in [1.807, 2.05) is 6.07 Å². The molecule has 0 saturated heterocycles. The van der Waals surface area contributed by atoms with Gasteiger partial charge in [0, 0.05) is 5.39 Å². The smallest absolute Gasteiger partial charge is 0.507 e. The second-order valence-electron chi connectivity index (χ2n) is 3.22. The molecule has 0 aromatic heterocycles. The molecule has 2 rings (SSSR count). The summed E-state index contributed by atoms with van der Waals surface area (Å²) in [5.41, 5.74) is 0. The standard InChI is InChI=1S/C12H10O4/c1-15-12(14)16-9-5-6-10-8(7-9)3-2-4-11(10)13/h2-7,13H,1H3. The van der Waals surface area contributed by atoms with E-state index in [2.05, 4.69) is 4.74 Å². The Bertz CT molecular complexity index is 534. The van der Waals surface area contributed by atoms with Crippen LogP contribution in [-0.2, 0) is 4.74 Å². The van der Waals surface area contributed by atoms with Crippen LogP contribution in [0.2, 0.25) is 0 Å². The number of carbonyl (C=O) groups excluding carboxylic acids is 1. The van der Waals surface area contributed by atoms with Crippen molar-refractivity contribution in [2.75, 3.05) is 7.11 Å². The summed E-state index contributed by atoms with van der Waals surface area (Å²) < 4.78 is 9.25. The zero-order valence-electron chi connectivity index (χ0n) is 8.64. The highest BCUT2D eigenvalue weighted by atomic mass is 16.7. The van der Waals surface area contributed by atoms with Gasteiger partial charge in [-0.2, -0.15) is 0 Å². The van der Waals surface area contributed by atoms with E-state index >= 15 is 0 Å². The molecule has 2 aromatic rings. The van der Waals surface area contributed by atoms with E-state index in [9.17, 15) is 9.90 Å². The molecule has 0 radical (unpaired) electrons. The highest BCUT2D eigenvalue weighted by Gasteiger charge is 2.05. The molecule has 1 N–H and O–H groups in total. The van der Waals surface area contributed by atoms with Gasteiger partial charge in [0.2, 0.25) is 0 Å². The van der Waals surface area contributed by atoms with Crippen LogP contribution >= 0.6 is 0 Å². The average molecular weight is 218 g/mol. The number of rotatable bonds is 1. The number of phenolic OH excluding ortho intramolecular Hbond substituents is 1. The van der Waals surface area contributed by atoms with Gasteiger partial charge < -0.3 is 14.6 Å². The molecule has 82 valence electrons. The number of methoxy groups -OCH3 is 1. The highest BCUT2D eigenvalue weighted by Crippen LogP contribution is 2.27. The van der Waals surface area contributed by atoms with Crippen molar-refractivity contribution in [2.45, 2.75) is 0 Å². The Balaban J connectivity index is 2.41. The molecule has 0 aliphatic heterocycles. The van der Waals surface area contributed by atoms with Crippen molar-refractivity contribution in [3.05, 3.63) is 36.4 Å². The van der Waals surface area contributed by atoms with Crippen LogP contribution in [0.25, 0.3) is 10.8 Å². The van der Waals surface area contributed by atoms with Crippen LogP contribution in [-0.4, -0.2) is 18.4 Å². The fourth-order valence-electron chi connectivity index (χ4n) is 1.45. The lowest BCUT2D eigenvalue weighted by molar-refractivity contribution is 0.121. The van der Waals surface area contributed by atoms with Crippen molar-refractivity contribution >= 4 is 16.9 Å². The van der Waals surface area contributed by atoms with Gasteiger partial charge in [-0.1, -0.05) is 12.1 Å². The summed E-state index contributed by atoms with van der Waals surface area (Å²) in [6.07, 6.45) is -0.764. The zero-order valence-corrected chi connectivity index (χ0v) is 8.64. The van der Waals surface area contributed by atoms with E-state index in [-0.39, 0.29) is 5.75 Å². The summed E-state index contributed by atoms with van der Waals surface area (Å²) in [5, 5.41) is 11.1. The number of fused-ring (bicyclic) bond motifs is 1. The summed E-state index contributed by atoms with van der Waals surface area (Å²) in [6, 6.07) is 10.1. The zero-order chi connectivity index (χ0) is 11.5. The quantitative estimate of drug-likeness (QED) is 0.590. The number of carbonyl (C=O) groups is 1. The molecule has 0 unspecified atom stereocenters. The lowest BCUT2D eigenvalue weighted by Crippen LogP contribution is -2.06. The number of aromatic hydroxyl groups is 1. The predicted molar refractivity (Wildman–Crippen MR) is 58.6 cm³/mol. The molecule has 0 aliphatic rings. The summed E-state index contributed by atoms with van der Waals surface area (Å²) in [4.78, 5) is 10.9. The van der Waals surface area contributed by atoms with Gasteiger partial charge in [0.25, 0.3) is 0 Å². The minimum Gasteiger partial charge on any atom is -0.507 e. The molecule has 0 aliphatic carbocycles. The largest absolute Gasteiger partial charge is 0.513 e. The Morgan fingerprint density at radius 2 is 2.06 bits per heavy atom. The fraction of sp³-hybridized carbons (Fsp3) is 0.0833. The Morgan fingerprint density at radius 3 is 2.81 bits per heavy atom. The first-order valence-electron chi connectivity index (χ1n) is 4.68. The Morgan fingerprint density at radius 1 is 1.25 bits per heavy atom. The second-order valence-corrected chi connectivity index (χ2v) is 3.22. The van der Waals surface area contributed by atoms with Gasteiger partial charge >= 0.3 is 6.16 Å². The average Bonchev–Trinajstić information content (AvgIpc) is 2.29. The van der Waals surface area contributed by atoms with Crippen LogP contribution in [0.5, 0.6) is 11.5 Å². The van der Waals surface area contributed by atoms with Gasteiger partial charge in [0.05, 0.1) is 7.11 Å². The van der Waals surface area contributed by atoms with E-state index in [1.54, 1.807) is 30.3 Å². The molecule has 0 spiro atoms. The van der Waals surface area contributed by atoms with Crippen molar-refractivity contribution in [1.29, 1.82) is 0 Å². The van der Waals surface area contributed by atoms with Crippen molar-refractivity contribution < 1.29 is 19.4 Å². The summed E-state index contributed by atoms with van der Waals surface area (Å²) in [7, 11) is 1.25. The maximum Gasteiger partial charge on any atom is 0.513 e. The Labute approximate surface area is 92.0 Å². The number of ether oxygens (including phenoxy) is 2. The Hall–Kier alpha value is -2.23. The van der Waals surface area contributed by atoms with Crippen molar-refractivity contribution in [1.82, 2.24) is 0 Å². The van der Waals surface area contributed by atoms with Crippen molar-refractivity contribution in [3.63, 3.8) is 0 Å². The van der Waals surface area contributed by atoms with Crippen LogP contribution < -0.4 is 4.74 Å². The summed E-state index contributed by atoms with van der Waals surface area (Å²) in [5.74, 6) is 0.576. The SMILES string of the molecule is COC(=O)Oc1ccc2c(O)cccc2c1. The van der Waals surface area contributed by atoms with Gasteiger partial charge in [0.15, 0.2) is 0 Å². The van der Waals surface area contributed by atoms with Crippen LogP contribution in [0.4, 0.5) is 4.79 Å². The number of hydrogen-bond donors (Lipinski definition) is 1. The molecule has 0 atom stereocenters. The molecule has 0 amide bonds. The van der Waals surface area contributed by atoms with Gasteiger partial charge in [0.1, 0.15) is 11.5 Å². The van der Waals surface area contributed by atoms with Crippen molar-refractivity contribution in [3.8, 4) is 11.5 Å². The normalized spacial score (nSPS) is 10.1. The molecular formula is C12H10O4. The highest BCUT2D eigenvalue weighted by molar-refractivity contribution is 5.89. The maximum absolute atomic E-state index is 10.9. The molecule has 16 heavy (non-hydrogen) atoms. The third kappa shape index (κ3) is 1.91. The number of hydrogen-bond acceptors (Lipinski definition) is 4. The number of phenols is 1. The van der Waals surface area contributed by atoms with Gasteiger partial charge in [-0.3, -0.25) is 0 Å². The molecule has 0 saturated carbocycles. The molecule has 0 fully saturated rings. The predicted octanol–water partition coefficient (Wildman–Crippen LogP) is 2.69. The first kappa shape index (κ1) is 10.3. The minimum absolute atomic E-state index is 0.196. The second kappa shape index (κ2) is 4.10. The van der Waals surface area contributed by atoms with Crippen LogP contribution in [0.3, 0.4) is 0 Å². The van der Waals surface area contributed by atoms with Gasteiger partial charge in [-0.25, -0.2) is 4.79 Å². The lowest BCUT2D eigenvalue weighted by atomic mass is 10.1. The Kier molecular flexibility index (Phi) is 2.64. The van der Waals surface area contributed by atoms with E-state index in [4.69, 9.17) is 4.74 Å². The molecule has 0 heterocycles. The topological polar surface area (TPSA) is 55.8 Å². The number of benzene rings is 2. The fourth-order valence-corrected chi connectivity index (χ4v) is 1.45. The third-order valence-electron chi connectivity index (χ3n) is 2.20. The van der Waals surface area contributed by atoms with E-state index in [0.717, 1.165) is 5.39 Å². The van der Waals surface area contributed by atoms with Crippen LogP contribution in [0, 0.1) is 0 Å². The third-order valence-corrected chi connectivity index (χ3v) is 2.20. The van der Waals surface area contributed by atoms with Crippen molar-refractivity contribution in [2.24, 2.45) is 0 Å². The van der Waals surface area contributed by atoms with Gasteiger partial charge in [-0.15, -0.1) is 0 Å². The molecule has 0 bridgehead atoms. The van der Waals surface area contributed by atoms with Crippen LogP contribution in [0.15, 0.2) is 36.4 Å². The molecule has 4 nitrogen and oxygen atoms in total. The van der Waals surface area contributed by atoms with E-state index < -0.39 is 6.16 Å². The van der Waals surface area contributed by atoms with E-state index in [1.165, 1.54) is 7.11 Å². The first-order valence-corrected chi connectivity index (χ1v) is 4.68. The van der Waals surface area contributed by atoms with E-state index in [0.29, 0.717) is 11.1 Å². The van der Waals surface area contributed by atoms with Crippen LogP contribution in [0.1, 0.15) is 0 Å².